The zero-order valence-electron chi connectivity index (χ0n) is 21.6. The van der Waals surface area contributed by atoms with Crippen LogP contribution < -0.4 is 10.7 Å². The van der Waals surface area contributed by atoms with Gasteiger partial charge >= 0.3 is 11.8 Å². The molecule has 4 rings (SSSR count). The Hall–Kier alpha value is -3.47. The Morgan fingerprint density at radius 3 is 2.36 bits per heavy atom. The third-order valence-electron chi connectivity index (χ3n) is 6.45. The third kappa shape index (κ3) is 8.01. The van der Waals surface area contributed by atoms with E-state index in [0.717, 1.165) is 43.2 Å². The molecule has 1 fully saturated rings. The van der Waals surface area contributed by atoms with Gasteiger partial charge in [0.1, 0.15) is 11.5 Å². The second kappa shape index (κ2) is 13.1. The highest BCUT2D eigenvalue weighted by Gasteiger charge is 2.26. The van der Waals surface area contributed by atoms with E-state index in [0.29, 0.717) is 10.8 Å². The SMILES string of the molecule is Cc1ccc(CN(Cc2ccc(/C=N/NC(=O)C(=O)NC3CCCCC3)o2)S(=O)(=O)c2ccc(Cl)cc2)cc1. The zero-order chi connectivity index (χ0) is 27.8. The highest BCUT2D eigenvalue weighted by atomic mass is 35.5. The van der Waals surface area contributed by atoms with Crippen LogP contribution in [0, 0.1) is 6.92 Å². The summed E-state index contributed by atoms with van der Waals surface area (Å²) >= 11 is 5.96. The van der Waals surface area contributed by atoms with Crippen LogP contribution in [0.4, 0.5) is 0 Å². The number of nitrogens with one attached hydrogen (secondary N) is 2. The van der Waals surface area contributed by atoms with Gasteiger partial charge in [-0.15, -0.1) is 0 Å². The number of amides is 2. The average molecular weight is 571 g/mol. The Labute approximate surface area is 233 Å². The molecule has 1 aliphatic carbocycles. The number of benzene rings is 2. The number of carbonyl (C=O) groups is 2. The number of carbonyl (C=O) groups excluding carboxylic acids is 2. The highest BCUT2D eigenvalue weighted by molar-refractivity contribution is 7.89. The molecule has 0 radical (unpaired) electrons. The van der Waals surface area contributed by atoms with E-state index < -0.39 is 21.8 Å². The van der Waals surface area contributed by atoms with Gasteiger partial charge in [-0.2, -0.15) is 9.41 Å². The maximum Gasteiger partial charge on any atom is 0.329 e. The predicted octanol–water partition coefficient (Wildman–Crippen LogP) is 4.53. The molecule has 1 aliphatic rings. The van der Waals surface area contributed by atoms with Crippen molar-refractivity contribution in [3.63, 3.8) is 0 Å². The topological polar surface area (TPSA) is 121 Å². The van der Waals surface area contributed by atoms with E-state index in [2.05, 4.69) is 15.8 Å². The molecular formula is C28H31ClN4O5S. The first kappa shape index (κ1) is 28.5. The molecule has 1 saturated carbocycles. The number of furan rings is 1. The molecule has 1 aromatic heterocycles. The van der Waals surface area contributed by atoms with Gasteiger partial charge in [0.05, 0.1) is 17.7 Å². The lowest BCUT2D eigenvalue weighted by Gasteiger charge is -2.22. The summed E-state index contributed by atoms with van der Waals surface area (Å²) in [5.41, 5.74) is 4.09. The van der Waals surface area contributed by atoms with E-state index in [1.807, 2.05) is 31.2 Å². The fraction of sp³-hybridized carbons (Fsp3) is 0.321. The molecule has 2 aromatic carbocycles. The Bertz CT molecular complexity index is 1410. The first-order valence-corrected chi connectivity index (χ1v) is 14.6. The second-order valence-electron chi connectivity index (χ2n) is 9.52. The second-order valence-corrected chi connectivity index (χ2v) is 11.9. The van der Waals surface area contributed by atoms with Gasteiger partial charge in [-0.3, -0.25) is 9.59 Å². The summed E-state index contributed by atoms with van der Waals surface area (Å²) < 4.78 is 34.1. The summed E-state index contributed by atoms with van der Waals surface area (Å²) in [6.07, 6.45) is 6.21. The standard InChI is InChI=1S/C28H31ClN4O5S/c1-20-7-9-21(10-8-20)18-33(39(36,37)26-15-11-22(29)12-16-26)19-25-14-13-24(38-25)17-30-32-28(35)27(34)31-23-5-3-2-4-6-23/h7-17,23H,2-6,18-19H2,1H3,(H,31,34)(H,32,35)/b30-17+. The zero-order valence-corrected chi connectivity index (χ0v) is 23.2. The molecule has 206 valence electrons. The molecule has 0 saturated heterocycles. The Kier molecular flexibility index (Phi) is 9.55. The number of hydrazone groups is 1. The van der Waals surface area contributed by atoms with E-state index in [9.17, 15) is 18.0 Å². The average Bonchev–Trinajstić information content (AvgIpc) is 3.37. The van der Waals surface area contributed by atoms with Crippen molar-refractivity contribution in [2.24, 2.45) is 5.10 Å². The van der Waals surface area contributed by atoms with Gasteiger partial charge < -0.3 is 9.73 Å². The maximum atomic E-state index is 13.5. The van der Waals surface area contributed by atoms with Crippen LogP contribution in [0.25, 0.3) is 0 Å². The van der Waals surface area contributed by atoms with Crippen LogP contribution in [-0.4, -0.2) is 36.8 Å². The van der Waals surface area contributed by atoms with E-state index in [1.165, 1.54) is 34.8 Å². The number of halogens is 1. The smallest absolute Gasteiger partial charge is 0.329 e. The van der Waals surface area contributed by atoms with Gasteiger partial charge in [-0.25, -0.2) is 13.8 Å². The molecule has 39 heavy (non-hydrogen) atoms. The van der Waals surface area contributed by atoms with Crippen molar-refractivity contribution in [3.05, 3.63) is 88.3 Å². The molecule has 2 N–H and O–H groups in total. The first-order chi connectivity index (χ1) is 18.7. The molecule has 0 aliphatic heterocycles. The van der Waals surface area contributed by atoms with E-state index in [1.54, 1.807) is 12.1 Å². The van der Waals surface area contributed by atoms with Gasteiger partial charge in [0, 0.05) is 17.6 Å². The molecule has 3 aromatic rings. The van der Waals surface area contributed by atoms with Crippen molar-refractivity contribution in [1.82, 2.24) is 15.0 Å². The van der Waals surface area contributed by atoms with Gasteiger partial charge in [0.15, 0.2) is 0 Å². The van der Waals surface area contributed by atoms with Gasteiger partial charge in [-0.1, -0.05) is 60.7 Å². The normalized spacial score (nSPS) is 14.5. The van der Waals surface area contributed by atoms with Crippen molar-refractivity contribution in [2.45, 2.75) is 63.1 Å². The van der Waals surface area contributed by atoms with Crippen molar-refractivity contribution in [3.8, 4) is 0 Å². The lowest BCUT2D eigenvalue weighted by atomic mass is 9.95. The number of rotatable bonds is 9. The summed E-state index contributed by atoms with van der Waals surface area (Å²) in [6.45, 7) is 2.05. The van der Waals surface area contributed by atoms with Crippen LogP contribution in [0.5, 0.6) is 0 Å². The first-order valence-electron chi connectivity index (χ1n) is 12.7. The van der Waals surface area contributed by atoms with E-state index >= 15 is 0 Å². The number of sulfonamides is 1. The largest absolute Gasteiger partial charge is 0.459 e. The minimum atomic E-state index is -3.89. The van der Waals surface area contributed by atoms with Crippen LogP contribution in [0.2, 0.25) is 5.02 Å². The third-order valence-corrected chi connectivity index (χ3v) is 8.51. The molecule has 0 bridgehead atoms. The molecule has 11 heteroatoms. The van der Waals surface area contributed by atoms with E-state index in [4.69, 9.17) is 16.0 Å². The number of hydrogen-bond donors (Lipinski definition) is 2. The Morgan fingerprint density at radius 2 is 1.67 bits per heavy atom. The lowest BCUT2D eigenvalue weighted by molar-refractivity contribution is -0.139. The molecule has 0 unspecified atom stereocenters. The summed E-state index contributed by atoms with van der Waals surface area (Å²) in [5, 5.41) is 6.97. The van der Waals surface area contributed by atoms with Crippen molar-refractivity contribution in [1.29, 1.82) is 0 Å². The van der Waals surface area contributed by atoms with Crippen LogP contribution in [0.3, 0.4) is 0 Å². The molecule has 2 amide bonds. The molecule has 0 atom stereocenters. The molecule has 0 spiro atoms. The van der Waals surface area contributed by atoms with Crippen LogP contribution in [0.15, 0.2) is 75.1 Å². The minimum absolute atomic E-state index is 0.0145. The predicted molar refractivity (Wildman–Crippen MR) is 149 cm³/mol. The van der Waals surface area contributed by atoms with Crippen LogP contribution >= 0.6 is 11.6 Å². The summed E-state index contributed by atoms with van der Waals surface area (Å²) in [6, 6.07) is 16.9. The summed E-state index contributed by atoms with van der Waals surface area (Å²) in [4.78, 5) is 24.3. The van der Waals surface area contributed by atoms with Gasteiger partial charge in [0.25, 0.3) is 0 Å². The Morgan fingerprint density at radius 1 is 0.974 bits per heavy atom. The fourth-order valence-corrected chi connectivity index (χ4v) is 5.82. The van der Waals surface area contributed by atoms with Gasteiger partial charge in [0.2, 0.25) is 10.0 Å². The minimum Gasteiger partial charge on any atom is -0.459 e. The van der Waals surface area contributed by atoms with E-state index in [-0.39, 0.29) is 29.8 Å². The number of nitrogens with zero attached hydrogens (tertiary/aromatic N) is 2. The maximum absolute atomic E-state index is 13.5. The number of aryl methyl sites for hydroxylation is 1. The van der Waals surface area contributed by atoms with Crippen molar-refractivity contribution in [2.75, 3.05) is 0 Å². The summed E-state index contributed by atoms with van der Waals surface area (Å²) in [5.74, 6) is -0.917. The van der Waals surface area contributed by atoms with Crippen molar-refractivity contribution < 1.29 is 22.4 Å². The Balaban J connectivity index is 1.42. The number of hydrogen-bond acceptors (Lipinski definition) is 6. The molecule has 1 heterocycles. The molecule has 9 nitrogen and oxygen atoms in total. The fourth-order valence-electron chi connectivity index (χ4n) is 4.30. The van der Waals surface area contributed by atoms with Crippen molar-refractivity contribution >= 4 is 39.7 Å². The monoisotopic (exact) mass is 570 g/mol. The summed E-state index contributed by atoms with van der Waals surface area (Å²) in [7, 11) is -3.89. The van der Waals surface area contributed by atoms with Crippen LogP contribution in [0.1, 0.15) is 54.8 Å². The van der Waals surface area contributed by atoms with Crippen LogP contribution in [-0.2, 0) is 32.7 Å². The lowest BCUT2D eigenvalue weighted by Crippen LogP contribution is -2.44. The van der Waals surface area contributed by atoms with Gasteiger partial charge in [-0.05, 0) is 61.7 Å². The quantitative estimate of drug-likeness (QED) is 0.222. The highest BCUT2D eigenvalue weighted by Crippen LogP contribution is 2.23. The molecular weight excluding hydrogens is 540 g/mol.